The average molecular weight is 238 g/mol. The molecule has 0 unspecified atom stereocenters. The first kappa shape index (κ1) is 14.8. The Morgan fingerprint density at radius 2 is 1.25 bits per heavy atom. The fraction of sp³-hybridized carbons (Fsp3) is 0.833. The van der Waals surface area contributed by atoms with Crippen molar-refractivity contribution < 1.29 is 14.4 Å². The second-order valence-corrected chi connectivity index (χ2v) is 5.77. The molecule has 0 spiro atoms. The Morgan fingerprint density at radius 1 is 1.17 bits per heavy atom. The van der Waals surface area contributed by atoms with Crippen molar-refractivity contribution >= 4 is 40.8 Å². The lowest BCUT2D eigenvalue weighted by atomic mass is 10.8. The van der Waals surface area contributed by atoms with Crippen LogP contribution in [0.2, 0.25) is 0 Å². The van der Waals surface area contributed by atoms with Crippen molar-refractivity contribution in [3.8, 4) is 0 Å². The summed E-state index contributed by atoms with van der Waals surface area (Å²) in [6.45, 7) is 0. The van der Waals surface area contributed by atoms with Crippen LogP contribution in [0.5, 0.6) is 0 Å². The summed E-state index contributed by atoms with van der Waals surface area (Å²) in [5.74, 6) is -1.46. The Hall–Kier alpha value is 0.300. The number of carbonyl (C=O) groups is 1. The summed E-state index contributed by atoms with van der Waals surface area (Å²) in [4.78, 5) is 9.62. The maximum Gasteiger partial charge on any atom is 0.356 e. The number of hydrogen-bond acceptors (Lipinski definition) is 1. The molecule has 0 radical (unpaired) electrons. The van der Waals surface area contributed by atoms with Crippen LogP contribution in [0, 0.1) is 0 Å². The normalized spacial score (nSPS) is 11.6. The smallest absolute Gasteiger partial charge is 0.356 e. The standard InChI is InChI=1S/C4H12N.C2HCl3O2/c1-5(2,3)4;3-2(4,5)1(6)7/h1-4H3;(H,6,7)/q+1;. The molecule has 0 bridgehead atoms. The van der Waals surface area contributed by atoms with Crippen LogP contribution in [0.25, 0.3) is 0 Å². The second-order valence-electron chi connectivity index (χ2n) is 3.49. The van der Waals surface area contributed by atoms with Gasteiger partial charge in [0.25, 0.3) is 3.79 Å². The van der Waals surface area contributed by atoms with Gasteiger partial charge in [0, 0.05) is 0 Å². The molecule has 74 valence electrons. The number of alkyl halides is 3. The zero-order valence-corrected chi connectivity index (χ0v) is 9.70. The van der Waals surface area contributed by atoms with Crippen molar-refractivity contribution in [2.45, 2.75) is 3.79 Å². The molecule has 0 heterocycles. The summed E-state index contributed by atoms with van der Waals surface area (Å²) in [5, 5.41) is 7.85. The van der Waals surface area contributed by atoms with Crippen molar-refractivity contribution in [3.63, 3.8) is 0 Å². The molecule has 0 aromatic heterocycles. The molecule has 0 amide bonds. The lowest BCUT2D eigenvalue weighted by Crippen LogP contribution is -2.27. The van der Waals surface area contributed by atoms with Crippen molar-refractivity contribution in [3.05, 3.63) is 0 Å². The molecule has 6 heteroatoms. The van der Waals surface area contributed by atoms with Crippen LogP contribution in [-0.2, 0) is 4.79 Å². The molecule has 0 rings (SSSR count). The van der Waals surface area contributed by atoms with Crippen LogP contribution in [0.4, 0.5) is 0 Å². The highest BCUT2D eigenvalue weighted by molar-refractivity contribution is 6.75. The highest BCUT2D eigenvalue weighted by Gasteiger charge is 2.29. The van der Waals surface area contributed by atoms with Crippen molar-refractivity contribution in [2.75, 3.05) is 28.2 Å². The first-order valence-electron chi connectivity index (χ1n) is 3.03. The number of hydrogen-bond donors (Lipinski definition) is 1. The van der Waals surface area contributed by atoms with Gasteiger partial charge in [0.1, 0.15) is 0 Å². The van der Waals surface area contributed by atoms with Gasteiger partial charge in [0.15, 0.2) is 0 Å². The third-order valence-corrected chi connectivity index (χ3v) is 0.728. The van der Waals surface area contributed by atoms with E-state index in [1.807, 2.05) is 0 Å². The number of carboxylic acid groups (broad SMARTS) is 1. The van der Waals surface area contributed by atoms with E-state index in [4.69, 9.17) is 39.9 Å². The van der Waals surface area contributed by atoms with Crippen LogP contribution in [0.3, 0.4) is 0 Å². The topological polar surface area (TPSA) is 37.3 Å². The van der Waals surface area contributed by atoms with Crippen LogP contribution in [0.15, 0.2) is 0 Å². The highest BCUT2D eigenvalue weighted by atomic mass is 35.6. The fourth-order valence-corrected chi connectivity index (χ4v) is 0. The van der Waals surface area contributed by atoms with Gasteiger partial charge in [-0.1, -0.05) is 34.8 Å². The maximum atomic E-state index is 9.62. The minimum absolute atomic E-state index is 1.00. The zero-order valence-electron chi connectivity index (χ0n) is 7.44. The molecule has 0 atom stereocenters. The molecule has 12 heavy (non-hydrogen) atoms. The molecule has 0 saturated carbocycles. The summed E-state index contributed by atoms with van der Waals surface area (Å²) >= 11 is 14.4. The molecule has 0 aliphatic rings. The Bertz CT molecular complexity index is 142. The van der Waals surface area contributed by atoms with E-state index in [2.05, 4.69) is 28.2 Å². The van der Waals surface area contributed by atoms with E-state index in [0.29, 0.717) is 0 Å². The van der Waals surface area contributed by atoms with Gasteiger partial charge < -0.3 is 9.59 Å². The van der Waals surface area contributed by atoms with Gasteiger partial charge >= 0.3 is 5.97 Å². The molecule has 0 aliphatic carbocycles. The lowest BCUT2D eigenvalue weighted by molar-refractivity contribution is -0.849. The minimum Gasteiger partial charge on any atom is -0.478 e. The minimum atomic E-state index is -2.17. The fourth-order valence-electron chi connectivity index (χ4n) is 0. The molecule has 1 N–H and O–H groups in total. The van der Waals surface area contributed by atoms with Crippen LogP contribution in [0.1, 0.15) is 0 Å². The molecular formula is C6H13Cl3NO2+. The van der Waals surface area contributed by atoms with Crippen molar-refractivity contribution in [2.24, 2.45) is 0 Å². The van der Waals surface area contributed by atoms with E-state index in [1.165, 1.54) is 0 Å². The molecule has 0 aliphatic heterocycles. The van der Waals surface area contributed by atoms with Gasteiger partial charge in [-0.05, 0) is 0 Å². The van der Waals surface area contributed by atoms with Gasteiger partial charge in [0.05, 0.1) is 28.2 Å². The number of nitrogens with zero attached hydrogens (tertiary/aromatic N) is 1. The predicted octanol–water partition coefficient (Wildman–Crippen LogP) is 1.76. The van der Waals surface area contributed by atoms with Crippen molar-refractivity contribution in [1.82, 2.24) is 0 Å². The van der Waals surface area contributed by atoms with E-state index < -0.39 is 9.76 Å². The number of quaternary nitrogens is 1. The molecule has 0 saturated heterocycles. The first-order valence-corrected chi connectivity index (χ1v) is 4.17. The molecule has 3 nitrogen and oxygen atoms in total. The van der Waals surface area contributed by atoms with E-state index in [-0.39, 0.29) is 0 Å². The van der Waals surface area contributed by atoms with Crippen LogP contribution >= 0.6 is 34.8 Å². The number of halogens is 3. The van der Waals surface area contributed by atoms with E-state index in [1.54, 1.807) is 0 Å². The Morgan fingerprint density at radius 3 is 1.25 bits per heavy atom. The van der Waals surface area contributed by atoms with E-state index in [9.17, 15) is 4.79 Å². The Balaban J connectivity index is 0. The van der Waals surface area contributed by atoms with Gasteiger partial charge in [-0.2, -0.15) is 0 Å². The van der Waals surface area contributed by atoms with Crippen LogP contribution in [-0.4, -0.2) is 47.5 Å². The average Bonchev–Trinajstić information content (AvgIpc) is 1.55. The number of carboxylic acids is 1. The predicted molar refractivity (Wildman–Crippen MR) is 51.9 cm³/mol. The van der Waals surface area contributed by atoms with Crippen molar-refractivity contribution in [1.29, 1.82) is 0 Å². The summed E-state index contributed by atoms with van der Waals surface area (Å²) in [6, 6.07) is 0. The summed E-state index contributed by atoms with van der Waals surface area (Å²) < 4.78 is -1.17. The third kappa shape index (κ3) is 22.4. The lowest BCUT2D eigenvalue weighted by Gasteiger charge is -2.14. The van der Waals surface area contributed by atoms with E-state index in [0.717, 1.165) is 4.48 Å². The summed E-state index contributed by atoms with van der Waals surface area (Å²) in [6.07, 6.45) is 0. The molecule has 0 aromatic carbocycles. The first-order chi connectivity index (χ1) is 4.94. The van der Waals surface area contributed by atoms with E-state index >= 15 is 0 Å². The monoisotopic (exact) mass is 236 g/mol. The molecule has 0 fully saturated rings. The summed E-state index contributed by atoms with van der Waals surface area (Å²) in [5.41, 5.74) is 0. The highest BCUT2D eigenvalue weighted by Crippen LogP contribution is 2.25. The molecule has 0 aromatic rings. The third-order valence-electron chi connectivity index (χ3n) is 0.243. The Labute approximate surface area is 87.4 Å². The van der Waals surface area contributed by atoms with Gasteiger partial charge in [-0.25, -0.2) is 4.79 Å². The largest absolute Gasteiger partial charge is 0.478 e. The van der Waals surface area contributed by atoms with Crippen LogP contribution < -0.4 is 0 Å². The zero-order chi connectivity index (χ0) is 10.6. The second kappa shape index (κ2) is 5.12. The quantitative estimate of drug-likeness (QED) is 0.515. The number of rotatable bonds is 0. The Kier molecular flexibility index (Phi) is 6.32. The van der Waals surface area contributed by atoms with Gasteiger partial charge in [-0.15, -0.1) is 0 Å². The maximum absolute atomic E-state index is 9.62. The SMILES string of the molecule is C[N+](C)(C)C.O=C(O)C(Cl)(Cl)Cl. The van der Waals surface area contributed by atoms with Gasteiger partial charge in [0.2, 0.25) is 0 Å². The summed E-state index contributed by atoms with van der Waals surface area (Å²) in [7, 11) is 8.50. The molecular weight excluding hydrogens is 224 g/mol. The van der Waals surface area contributed by atoms with Gasteiger partial charge in [-0.3, -0.25) is 0 Å². The number of aliphatic carboxylic acids is 1.